The van der Waals surface area contributed by atoms with E-state index in [4.69, 9.17) is 0 Å². The Morgan fingerprint density at radius 2 is 1.62 bits per heavy atom. The number of nitrogens with zero attached hydrogens (tertiary/aromatic N) is 2. The largest absolute Gasteiger partial charge is 0.482 e. The molecule has 1 fully saturated rings. The lowest BCUT2D eigenvalue weighted by Crippen LogP contribution is -2.60. The van der Waals surface area contributed by atoms with Crippen LogP contribution in [0.15, 0.2) is 72.8 Å². The van der Waals surface area contributed by atoms with Crippen LogP contribution in [0.4, 0.5) is 27.6 Å². The van der Waals surface area contributed by atoms with E-state index in [1.165, 1.54) is 48.5 Å². The van der Waals surface area contributed by atoms with Gasteiger partial charge < -0.3 is 24.6 Å². The van der Waals surface area contributed by atoms with E-state index >= 15 is 0 Å². The van der Waals surface area contributed by atoms with E-state index in [0.717, 1.165) is 21.9 Å². The predicted molar refractivity (Wildman–Crippen MR) is 136 cm³/mol. The van der Waals surface area contributed by atoms with E-state index in [9.17, 15) is 36.3 Å². The average Bonchev–Trinajstić information content (AvgIpc) is 2.95. The zero-order valence-electron chi connectivity index (χ0n) is 21.1. The number of rotatable bonds is 7. The van der Waals surface area contributed by atoms with Crippen LogP contribution in [0.3, 0.4) is 0 Å². The molecule has 0 saturated carbocycles. The fourth-order valence-electron chi connectivity index (χ4n) is 4.38. The van der Waals surface area contributed by atoms with Crippen LogP contribution in [-0.4, -0.2) is 66.7 Å². The average molecular weight is 562 g/mol. The molecule has 1 atom stereocenters. The highest BCUT2D eigenvalue weighted by atomic mass is 19.4. The van der Waals surface area contributed by atoms with Crippen LogP contribution in [0.5, 0.6) is 5.75 Å². The van der Waals surface area contributed by atoms with Gasteiger partial charge in [-0.3, -0.25) is 9.59 Å². The van der Waals surface area contributed by atoms with E-state index in [2.05, 4.69) is 10.1 Å². The lowest BCUT2D eigenvalue weighted by atomic mass is 9.98. The minimum absolute atomic E-state index is 0.0572. The molecule has 1 N–H and O–H groups in total. The molecule has 3 aromatic rings. The van der Waals surface area contributed by atoms with Crippen molar-refractivity contribution in [3.8, 4) is 16.9 Å². The highest BCUT2D eigenvalue weighted by Crippen LogP contribution is 2.34. The SMILES string of the molecule is CNc1ccc(-c2cccc(C(F)(F)F)c2)cc1C(=O)N1CCN(C(=O)C(F)(F)Oc2ccccc2)CC1C=O. The summed E-state index contributed by atoms with van der Waals surface area (Å²) in [5.41, 5.74) is 0.0797. The summed E-state index contributed by atoms with van der Waals surface area (Å²) in [6.07, 6.45) is -8.39. The second-order valence-electron chi connectivity index (χ2n) is 8.97. The highest BCUT2D eigenvalue weighted by Gasteiger charge is 2.47. The molecule has 40 heavy (non-hydrogen) atoms. The molecule has 0 aromatic heterocycles. The van der Waals surface area contributed by atoms with Gasteiger partial charge in [0, 0.05) is 32.4 Å². The zero-order valence-corrected chi connectivity index (χ0v) is 21.1. The van der Waals surface area contributed by atoms with Gasteiger partial charge in [-0.15, -0.1) is 0 Å². The van der Waals surface area contributed by atoms with E-state index in [-0.39, 0.29) is 30.0 Å². The number of hydrogen-bond donors (Lipinski definition) is 1. The third-order valence-electron chi connectivity index (χ3n) is 6.40. The third-order valence-corrected chi connectivity index (χ3v) is 6.40. The van der Waals surface area contributed by atoms with Crippen molar-refractivity contribution in [2.75, 3.05) is 32.0 Å². The third kappa shape index (κ3) is 6.05. The highest BCUT2D eigenvalue weighted by molar-refractivity contribution is 6.02. The first-order valence-electron chi connectivity index (χ1n) is 12.1. The van der Waals surface area contributed by atoms with Crippen LogP contribution in [0.2, 0.25) is 0 Å². The number of amides is 2. The van der Waals surface area contributed by atoms with Crippen LogP contribution in [0.25, 0.3) is 11.1 Å². The standard InChI is InChI=1S/C28H24F5N3O4/c1-34-24-11-10-19(18-6-5-7-20(14-18)27(29,30)31)15-23(24)25(38)36-13-12-35(16-21(36)17-37)26(39)28(32,33)40-22-8-3-2-4-9-22/h2-11,14-15,17,21,34H,12-13,16H2,1H3. The van der Waals surface area contributed by atoms with Gasteiger partial charge >= 0.3 is 18.2 Å². The molecule has 1 heterocycles. The molecule has 0 radical (unpaired) electrons. The summed E-state index contributed by atoms with van der Waals surface area (Å²) in [7, 11) is 1.54. The summed E-state index contributed by atoms with van der Waals surface area (Å²) >= 11 is 0. The fourth-order valence-corrected chi connectivity index (χ4v) is 4.38. The number of anilines is 1. The number of ether oxygens (including phenoxy) is 1. The molecule has 0 spiro atoms. The number of aldehydes is 1. The Kier molecular flexibility index (Phi) is 8.08. The maximum absolute atomic E-state index is 14.6. The summed E-state index contributed by atoms with van der Waals surface area (Å²) in [5.74, 6) is -2.53. The van der Waals surface area contributed by atoms with Crippen LogP contribution < -0.4 is 10.1 Å². The normalized spacial score (nSPS) is 15.9. The minimum atomic E-state index is -4.56. The van der Waals surface area contributed by atoms with Gasteiger partial charge in [0.25, 0.3) is 5.91 Å². The Morgan fingerprint density at radius 3 is 2.27 bits per heavy atom. The smallest absolute Gasteiger partial charge is 0.425 e. The van der Waals surface area contributed by atoms with Crippen molar-refractivity contribution in [1.29, 1.82) is 0 Å². The van der Waals surface area contributed by atoms with Crippen molar-refractivity contribution in [1.82, 2.24) is 9.80 Å². The van der Waals surface area contributed by atoms with Gasteiger partial charge in [0.1, 0.15) is 18.1 Å². The summed E-state index contributed by atoms with van der Waals surface area (Å²) < 4.78 is 73.4. The van der Waals surface area contributed by atoms with E-state index in [1.54, 1.807) is 19.2 Å². The first-order chi connectivity index (χ1) is 18.9. The summed E-state index contributed by atoms with van der Waals surface area (Å²) in [4.78, 5) is 39.9. The molecule has 0 bridgehead atoms. The Hall–Kier alpha value is -4.48. The zero-order chi connectivity index (χ0) is 29.1. The van der Waals surface area contributed by atoms with E-state index in [0.29, 0.717) is 17.5 Å². The second-order valence-corrected chi connectivity index (χ2v) is 8.97. The lowest BCUT2D eigenvalue weighted by molar-refractivity contribution is -0.205. The Labute approximate surface area is 226 Å². The molecule has 1 unspecified atom stereocenters. The van der Waals surface area contributed by atoms with Crippen LogP contribution >= 0.6 is 0 Å². The van der Waals surface area contributed by atoms with Crippen molar-refractivity contribution in [2.24, 2.45) is 0 Å². The van der Waals surface area contributed by atoms with Gasteiger partial charge in [0.2, 0.25) is 0 Å². The molecule has 2 amide bonds. The Bertz CT molecular complexity index is 1400. The van der Waals surface area contributed by atoms with Gasteiger partial charge in [-0.05, 0) is 47.5 Å². The summed E-state index contributed by atoms with van der Waals surface area (Å²) in [6, 6.07) is 14.8. The van der Waals surface area contributed by atoms with E-state index in [1.807, 2.05) is 0 Å². The fraction of sp³-hybridized carbons (Fsp3) is 0.250. The number of carbonyl (C=O) groups excluding carboxylic acids is 3. The number of benzene rings is 3. The molecular formula is C28H24F5N3O4. The lowest BCUT2D eigenvalue weighted by Gasteiger charge is -2.39. The first-order valence-corrected chi connectivity index (χ1v) is 12.1. The molecule has 4 rings (SSSR count). The molecule has 0 aliphatic carbocycles. The minimum Gasteiger partial charge on any atom is -0.425 e. The number of piperazine rings is 1. The summed E-state index contributed by atoms with van der Waals surface area (Å²) in [6.45, 7) is -1.04. The van der Waals surface area contributed by atoms with Crippen molar-refractivity contribution in [3.63, 3.8) is 0 Å². The van der Waals surface area contributed by atoms with Crippen molar-refractivity contribution < 1.29 is 41.1 Å². The van der Waals surface area contributed by atoms with Gasteiger partial charge in [0.05, 0.1) is 11.1 Å². The maximum atomic E-state index is 14.6. The number of alkyl halides is 5. The number of nitrogens with one attached hydrogen (secondary N) is 1. The van der Waals surface area contributed by atoms with Gasteiger partial charge in [-0.1, -0.05) is 36.4 Å². The van der Waals surface area contributed by atoms with Gasteiger partial charge in [0.15, 0.2) is 0 Å². The van der Waals surface area contributed by atoms with E-state index < -0.39 is 42.2 Å². The predicted octanol–water partition coefficient (Wildman–Crippen LogP) is 4.94. The number of halogens is 5. The van der Waals surface area contributed by atoms with Crippen molar-refractivity contribution >= 4 is 23.8 Å². The Balaban J connectivity index is 1.55. The Morgan fingerprint density at radius 1 is 0.925 bits per heavy atom. The quantitative estimate of drug-likeness (QED) is 0.327. The topological polar surface area (TPSA) is 79.0 Å². The van der Waals surface area contributed by atoms with Crippen LogP contribution in [-0.2, 0) is 15.8 Å². The molecule has 1 aliphatic heterocycles. The molecule has 3 aromatic carbocycles. The molecule has 1 aliphatic rings. The number of carbonyl (C=O) groups is 3. The van der Waals surface area contributed by atoms with Crippen molar-refractivity contribution in [3.05, 3.63) is 83.9 Å². The van der Waals surface area contributed by atoms with Crippen LogP contribution in [0.1, 0.15) is 15.9 Å². The molecule has 1 saturated heterocycles. The molecule has 210 valence electrons. The van der Waals surface area contributed by atoms with Gasteiger partial charge in [-0.25, -0.2) is 0 Å². The number of hydrogen-bond acceptors (Lipinski definition) is 5. The van der Waals surface area contributed by atoms with Gasteiger partial charge in [-0.2, -0.15) is 22.0 Å². The monoisotopic (exact) mass is 561 g/mol. The second kappa shape index (κ2) is 11.3. The first kappa shape index (κ1) is 28.5. The van der Waals surface area contributed by atoms with Crippen LogP contribution in [0, 0.1) is 0 Å². The molecule has 12 heteroatoms. The maximum Gasteiger partial charge on any atom is 0.482 e. The molecule has 7 nitrogen and oxygen atoms in total. The molecular weight excluding hydrogens is 537 g/mol. The van der Waals surface area contributed by atoms with Crippen molar-refractivity contribution in [2.45, 2.75) is 18.3 Å². The summed E-state index contributed by atoms with van der Waals surface area (Å²) in [5, 5.41) is 2.84. The number of para-hydroxylation sites is 1.